The number of halogens is 4. The molecule has 0 radical (unpaired) electrons. The molecular weight excluding hydrogens is 571 g/mol. The molecule has 1 aromatic heterocycles. The maximum absolute atomic E-state index is 12.9. The van der Waals surface area contributed by atoms with Gasteiger partial charge in [0.05, 0.1) is 5.56 Å². The van der Waals surface area contributed by atoms with E-state index in [1.54, 1.807) is 48.5 Å². The van der Waals surface area contributed by atoms with Crippen LogP contribution in [0.1, 0.15) is 27.2 Å². The Hall–Kier alpha value is -4.76. The molecule has 6 nitrogen and oxygen atoms in total. The zero-order valence-corrected chi connectivity index (χ0v) is 22.6. The highest BCUT2D eigenvalue weighted by molar-refractivity contribution is 6.30. The Morgan fingerprint density at radius 3 is 2.14 bits per heavy atom. The van der Waals surface area contributed by atoms with Crippen molar-refractivity contribution in [2.75, 3.05) is 0 Å². The third kappa shape index (κ3) is 6.92. The molecule has 42 heavy (non-hydrogen) atoms. The van der Waals surface area contributed by atoms with Crippen LogP contribution in [0.3, 0.4) is 0 Å². The van der Waals surface area contributed by atoms with E-state index in [0.29, 0.717) is 32.9 Å². The molecule has 1 amide bonds. The maximum Gasteiger partial charge on any atom is 0.416 e. The van der Waals surface area contributed by atoms with E-state index < -0.39 is 29.7 Å². The Bertz CT molecular complexity index is 1710. The van der Waals surface area contributed by atoms with Gasteiger partial charge < -0.3 is 19.6 Å². The van der Waals surface area contributed by atoms with Gasteiger partial charge >= 0.3 is 12.1 Å². The van der Waals surface area contributed by atoms with Crippen molar-refractivity contribution in [2.24, 2.45) is 0 Å². The van der Waals surface area contributed by atoms with Crippen molar-refractivity contribution in [3.63, 3.8) is 0 Å². The first-order chi connectivity index (χ1) is 20.0. The van der Waals surface area contributed by atoms with Gasteiger partial charge in [0.1, 0.15) is 24.0 Å². The first kappa shape index (κ1) is 28.8. The molecule has 1 unspecified atom stereocenters. The van der Waals surface area contributed by atoms with Gasteiger partial charge in [-0.1, -0.05) is 60.1 Å². The zero-order chi connectivity index (χ0) is 29.9. The summed E-state index contributed by atoms with van der Waals surface area (Å²) in [5.74, 6) is -1.44. The molecular formula is C32H23ClF3NO5. The van der Waals surface area contributed by atoms with Crippen molar-refractivity contribution in [3.05, 3.63) is 125 Å². The summed E-state index contributed by atoms with van der Waals surface area (Å²) in [7, 11) is 0. The van der Waals surface area contributed by atoms with E-state index in [0.717, 1.165) is 23.3 Å². The number of aliphatic carboxylic acids is 1. The van der Waals surface area contributed by atoms with E-state index in [4.69, 9.17) is 20.8 Å². The molecule has 0 aliphatic carbocycles. The van der Waals surface area contributed by atoms with Gasteiger partial charge in [-0.15, -0.1) is 0 Å². The number of rotatable bonds is 9. The van der Waals surface area contributed by atoms with Gasteiger partial charge in [0.2, 0.25) is 0 Å². The second kappa shape index (κ2) is 12.0. The number of ether oxygens (including phenoxy) is 1. The Kier molecular flexibility index (Phi) is 8.22. The predicted octanol–water partition coefficient (Wildman–Crippen LogP) is 7.78. The molecule has 5 aromatic rings. The molecule has 0 aliphatic rings. The smallest absolute Gasteiger partial charge is 0.416 e. The third-order valence-corrected chi connectivity index (χ3v) is 6.83. The van der Waals surface area contributed by atoms with Crippen LogP contribution in [-0.4, -0.2) is 23.0 Å². The first-order valence-electron chi connectivity index (χ1n) is 12.8. The normalized spacial score (nSPS) is 12.2. The summed E-state index contributed by atoms with van der Waals surface area (Å²) >= 11 is 5.97. The van der Waals surface area contributed by atoms with Crippen molar-refractivity contribution < 1.29 is 37.0 Å². The molecule has 4 aromatic carbocycles. The average molecular weight is 594 g/mol. The van der Waals surface area contributed by atoms with Crippen LogP contribution in [0.15, 0.2) is 101 Å². The lowest BCUT2D eigenvalue weighted by Crippen LogP contribution is -2.42. The van der Waals surface area contributed by atoms with Crippen molar-refractivity contribution in [1.29, 1.82) is 0 Å². The highest BCUT2D eigenvalue weighted by Gasteiger charge is 2.30. The van der Waals surface area contributed by atoms with Crippen molar-refractivity contribution in [2.45, 2.75) is 25.2 Å². The molecule has 0 saturated carbocycles. The summed E-state index contributed by atoms with van der Waals surface area (Å²) in [6.45, 7) is 0.0595. The van der Waals surface area contributed by atoms with Crippen LogP contribution < -0.4 is 10.1 Å². The molecule has 0 saturated heterocycles. The lowest BCUT2D eigenvalue weighted by Gasteiger charge is -2.14. The van der Waals surface area contributed by atoms with Crippen LogP contribution in [0.2, 0.25) is 5.02 Å². The quantitative estimate of drug-likeness (QED) is 0.182. The average Bonchev–Trinajstić information content (AvgIpc) is 3.40. The fourth-order valence-electron chi connectivity index (χ4n) is 4.31. The minimum Gasteiger partial charge on any atom is -0.489 e. The number of carbonyl (C=O) groups is 2. The van der Waals surface area contributed by atoms with E-state index in [1.165, 1.54) is 12.1 Å². The minimum absolute atomic E-state index is 0.00119. The number of carbonyl (C=O) groups excluding carboxylic acids is 1. The standard InChI is InChI=1S/C32H23ClF3NO5/c33-25-11-7-21(8-12-25)22-5-6-23-17-29(42-28(23)16-22)30(38)37-27(31(39)40)15-19-3-13-26(14-4-19)41-18-20-1-9-24(10-2-20)32(34,35)36/h1-14,16-17,27H,15,18H2,(H,37,38)(H,39,40). The number of nitrogens with one attached hydrogen (secondary N) is 1. The number of hydrogen-bond acceptors (Lipinski definition) is 4. The topological polar surface area (TPSA) is 88.8 Å². The zero-order valence-electron chi connectivity index (χ0n) is 21.8. The highest BCUT2D eigenvalue weighted by atomic mass is 35.5. The molecule has 10 heteroatoms. The molecule has 214 valence electrons. The monoisotopic (exact) mass is 593 g/mol. The van der Waals surface area contributed by atoms with Crippen molar-refractivity contribution >= 4 is 34.4 Å². The molecule has 2 N–H and O–H groups in total. The molecule has 0 aliphatic heterocycles. The number of furan rings is 1. The van der Waals surface area contributed by atoms with Crippen LogP contribution in [-0.2, 0) is 24.0 Å². The van der Waals surface area contributed by atoms with E-state index in [-0.39, 0.29) is 18.8 Å². The number of fused-ring (bicyclic) bond motifs is 1. The molecule has 0 fully saturated rings. The number of alkyl halides is 3. The largest absolute Gasteiger partial charge is 0.489 e. The predicted molar refractivity (Wildman–Crippen MR) is 151 cm³/mol. The number of amides is 1. The number of carboxylic acids is 1. The van der Waals surface area contributed by atoms with E-state index >= 15 is 0 Å². The summed E-state index contributed by atoms with van der Waals surface area (Å²) in [4.78, 5) is 24.8. The van der Waals surface area contributed by atoms with Crippen LogP contribution >= 0.6 is 11.6 Å². The van der Waals surface area contributed by atoms with Gasteiger partial charge in [0.15, 0.2) is 5.76 Å². The van der Waals surface area contributed by atoms with E-state index in [2.05, 4.69) is 5.32 Å². The number of hydrogen-bond donors (Lipinski definition) is 2. The second-order valence-corrected chi connectivity index (χ2v) is 10.0. The third-order valence-electron chi connectivity index (χ3n) is 6.57. The lowest BCUT2D eigenvalue weighted by molar-refractivity contribution is -0.139. The van der Waals surface area contributed by atoms with Gasteiger partial charge in [0, 0.05) is 16.8 Å². The molecule has 1 heterocycles. The van der Waals surface area contributed by atoms with Crippen LogP contribution in [0.4, 0.5) is 13.2 Å². The summed E-state index contributed by atoms with van der Waals surface area (Å²) in [5, 5.41) is 13.6. The fraction of sp³-hybridized carbons (Fsp3) is 0.125. The minimum atomic E-state index is -4.41. The van der Waals surface area contributed by atoms with E-state index in [9.17, 15) is 27.9 Å². The van der Waals surface area contributed by atoms with Crippen molar-refractivity contribution in [3.8, 4) is 16.9 Å². The van der Waals surface area contributed by atoms with Gasteiger partial charge in [-0.2, -0.15) is 13.2 Å². The van der Waals surface area contributed by atoms with Crippen LogP contribution in [0.25, 0.3) is 22.1 Å². The summed E-state index contributed by atoms with van der Waals surface area (Å²) in [5.41, 5.74) is 2.72. The first-order valence-corrected chi connectivity index (χ1v) is 13.1. The molecule has 0 spiro atoms. The summed E-state index contributed by atoms with van der Waals surface area (Å²) in [6.07, 6.45) is -4.40. The number of carboxylic acid groups (broad SMARTS) is 1. The Morgan fingerprint density at radius 1 is 0.857 bits per heavy atom. The lowest BCUT2D eigenvalue weighted by atomic mass is 10.0. The fourth-order valence-corrected chi connectivity index (χ4v) is 4.43. The Balaban J connectivity index is 1.20. The summed E-state index contributed by atoms with van der Waals surface area (Å²) in [6, 6.07) is 24.4. The van der Waals surface area contributed by atoms with Crippen molar-refractivity contribution in [1.82, 2.24) is 5.32 Å². The van der Waals surface area contributed by atoms with E-state index in [1.807, 2.05) is 24.3 Å². The Labute approximate surface area is 243 Å². The molecule has 0 bridgehead atoms. The maximum atomic E-state index is 12.9. The summed E-state index contributed by atoms with van der Waals surface area (Å²) < 4.78 is 49.6. The SMILES string of the molecule is O=C(NC(Cc1ccc(OCc2ccc(C(F)(F)F)cc2)cc1)C(=O)O)c1cc2ccc(-c3ccc(Cl)cc3)cc2o1. The Morgan fingerprint density at radius 2 is 1.50 bits per heavy atom. The second-order valence-electron chi connectivity index (χ2n) is 9.57. The van der Waals surface area contributed by atoms with Gasteiger partial charge in [-0.25, -0.2) is 4.79 Å². The number of benzene rings is 4. The van der Waals surface area contributed by atoms with Crippen LogP contribution in [0.5, 0.6) is 5.75 Å². The van der Waals surface area contributed by atoms with Crippen LogP contribution in [0, 0.1) is 0 Å². The molecule has 5 rings (SSSR count). The highest BCUT2D eigenvalue weighted by Crippen LogP contribution is 2.30. The van der Waals surface area contributed by atoms with Gasteiger partial charge in [-0.3, -0.25) is 4.79 Å². The van der Waals surface area contributed by atoms with Gasteiger partial charge in [0.25, 0.3) is 5.91 Å². The molecule has 1 atom stereocenters. The van der Waals surface area contributed by atoms with Gasteiger partial charge in [-0.05, 0) is 70.8 Å².